The van der Waals surface area contributed by atoms with Gasteiger partial charge in [0.25, 0.3) is 0 Å². The maximum atomic E-state index is 12.8. The number of nitrogens with two attached hydrogens (primary N) is 1. The molecule has 23 heavy (non-hydrogen) atoms. The summed E-state index contributed by atoms with van der Waals surface area (Å²) in [6.07, 6.45) is 4.55. The average Bonchev–Trinajstić information content (AvgIpc) is 2.98. The standard InChI is InChI=1S/C18H25N3O2/c1-2-8-21-9-5-14-3-4-15(12-16(14)21)20-17(22)18(13-19)6-10-23-11-7-18/h3-5,9,12H,2,6-8,10-11,13,19H2,1H3,(H,20,22). The van der Waals surface area contributed by atoms with Crippen molar-refractivity contribution in [2.24, 2.45) is 11.1 Å². The summed E-state index contributed by atoms with van der Waals surface area (Å²) < 4.78 is 7.60. The molecule has 124 valence electrons. The molecule has 3 N–H and O–H groups in total. The molecule has 1 amide bonds. The van der Waals surface area contributed by atoms with Crippen LogP contribution in [-0.4, -0.2) is 30.2 Å². The monoisotopic (exact) mass is 315 g/mol. The van der Waals surface area contributed by atoms with E-state index in [1.54, 1.807) is 0 Å². The fraction of sp³-hybridized carbons (Fsp3) is 0.500. The van der Waals surface area contributed by atoms with E-state index >= 15 is 0 Å². The van der Waals surface area contributed by atoms with Crippen LogP contribution < -0.4 is 11.1 Å². The molecule has 2 aromatic rings. The molecule has 2 heterocycles. The third-order valence-electron chi connectivity index (χ3n) is 4.82. The molecule has 1 aromatic carbocycles. The Labute approximate surface area is 136 Å². The molecule has 1 aliphatic heterocycles. The zero-order valence-corrected chi connectivity index (χ0v) is 13.7. The van der Waals surface area contributed by atoms with E-state index in [9.17, 15) is 4.79 Å². The Kier molecular flexibility index (Phi) is 4.68. The number of hydrogen-bond acceptors (Lipinski definition) is 3. The predicted molar refractivity (Wildman–Crippen MR) is 92.4 cm³/mol. The molecule has 0 spiro atoms. The maximum Gasteiger partial charge on any atom is 0.232 e. The highest BCUT2D eigenvalue weighted by Crippen LogP contribution is 2.31. The highest BCUT2D eigenvalue weighted by molar-refractivity contribution is 5.97. The number of nitrogens with one attached hydrogen (secondary N) is 1. The van der Waals surface area contributed by atoms with Crippen molar-refractivity contribution in [3.8, 4) is 0 Å². The summed E-state index contributed by atoms with van der Waals surface area (Å²) in [4.78, 5) is 12.8. The third kappa shape index (κ3) is 3.12. The summed E-state index contributed by atoms with van der Waals surface area (Å²) in [7, 11) is 0. The molecule has 5 heteroatoms. The molecule has 0 atom stereocenters. The Balaban J connectivity index is 1.82. The van der Waals surface area contributed by atoms with Crippen LogP contribution in [0.1, 0.15) is 26.2 Å². The van der Waals surface area contributed by atoms with Crippen molar-refractivity contribution in [3.63, 3.8) is 0 Å². The van der Waals surface area contributed by atoms with Gasteiger partial charge in [0.15, 0.2) is 0 Å². The summed E-state index contributed by atoms with van der Waals surface area (Å²) in [5.41, 5.74) is 7.39. The van der Waals surface area contributed by atoms with Gasteiger partial charge in [-0.15, -0.1) is 0 Å². The first kappa shape index (κ1) is 16.0. The van der Waals surface area contributed by atoms with Gasteiger partial charge in [-0.2, -0.15) is 0 Å². The summed E-state index contributed by atoms with van der Waals surface area (Å²) in [5.74, 6) is 0.0104. The number of aryl methyl sites for hydroxylation is 1. The Morgan fingerprint density at radius 2 is 2.13 bits per heavy atom. The minimum absolute atomic E-state index is 0.0104. The van der Waals surface area contributed by atoms with Gasteiger partial charge in [0.05, 0.1) is 10.9 Å². The normalized spacial score (nSPS) is 17.3. The van der Waals surface area contributed by atoms with Crippen LogP contribution in [0.25, 0.3) is 10.9 Å². The smallest absolute Gasteiger partial charge is 0.232 e. The second kappa shape index (κ2) is 6.72. The van der Waals surface area contributed by atoms with Crippen LogP contribution in [0, 0.1) is 5.41 Å². The van der Waals surface area contributed by atoms with Gasteiger partial charge >= 0.3 is 0 Å². The van der Waals surface area contributed by atoms with Crippen molar-refractivity contribution >= 4 is 22.5 Å². The molecule has 5 nitrogen and oxygen atoms in total. The zero-order chi connectivity index (χ0) is 16.3. The first-order valence-corrected chi connectivity index (χ1v) is 8.37. The fourth-order valence-corrected chi connectivity index (χ4v) is 3.25. The van der Waals surface area contributed by atoms with Gasteiger partial charge in [0, 0.05) is 38.2 Å². The van der Waals surface area contributed by atoms with E-state index in [0.717, 1.165) is 24.2 Å². The number of ether oxygens (including phenoxy) is 1. The Morgan fingerprint density at radius 1 is 1.35 bits per heavy atom. The van der Waals surface area contributed by atoms with Gasteiger partial charge in [-0.05, 0) is 42.8 Å². The summed E-state index contributed by atoms with van der Waals surface area (Å²) in [6, 6.07) is 8.17. The molecule has 1 aromatic heterocycles. The van der Waals surface area contributed by atoms with Crippen molar-refractivity contribution < 1.29 is 9.53 Å². The molecule has 3 rings (SSSR count). The van der Waals surface area contributed by atoms with E-state index in [0.29, 0.717) is 32.6 Å². The molecule has 0 saturated carbocycles. The summed E-state index contributed by atoms with van der Waals surface area (Å²) in [6.45, 7) is 4.70. The quantitative estimate of drug-likeness (QED) is 0.891. The van der Waals surface area contributed by atoms with Gasteiger partial charge in [0.2, 0.25) is 5.91 Å². The van der Waals surface area contributed by atoms with Crippen LogP contribution in [-0.2, 0) is 16.1 Å². The lowest BCUT2D eigenvalue weighted by atomic mass is 9.79. The molecular formula is C18H25N3O2. The molecule has 1 aliphatic rings. The lowest BCUT2D eigenvalue weighted by molar-refractivity contribution is -0.130. The van der Waals surface area contributed by atoms with Crippen molar-refractivity contribution in [3.05, 3.63) is 30.5 Å². The van der Waals surface area contributed by atoms with Crippen LogP contribution in [0.5, 0.6) is 0 Å². The van der Waals surface area contributed by atoms with Gasteiger partial charge in [-0.3, -0.25) is 4.79 Å². The molecule has 0 aliphatic carbocycles. The van der Waals surface area contributed by atoms with Crippen LogP contribution in [0.3, 0.4) is 0 Å². The number of benzene rings is 1. The lowest BCUT2D eigenvalue weighted by Gasteiger charge is -2.34. The van der Waals surface area contributed by atoms with E-state index < -0.39 is 5.41 Å². The first-order chi connectivity index (χ1) is 11.2. The number of fused-ring (bicyclic) bond motifs is 1. The predicted octanol–water partition coefficient (Wildman–Crippen LogP) is 2.75. The van der Waals surface area contributed by atoms with Crippen LogP contribution in [0.2, 0.25) is 0 Å². The van der Waals surface area contributed by atoms with Crippen LogP contribution >= 0.6 is 0 Å². The molecule has 0 radical (unpaired) electrons. The number of anilines is 1. The highest BCUT2D eigenvalue weighted by Gasteiger charge is 2.38. The number of amides is 1. The average molecular weight is 315 g/mol. The second-order valence-electron chi connectivity index (χ2n) is 6.33. The van der Waals surface area contributed by atoms with Crippen LogP contribution in [0.4, 0.5) is 5.69 Å². The summed E-state index contributed by atoms with van der Waals surface area (Å²) in [5, 5.41) is 4.26. The fourth-order valence-electron chi connectivity index (χ4n) is 3.25. The van der Waals surface area contributed by atoms with E-state index in [2.05, 4.69) is 35.1 Å². The van der Waals surface area contributed by atoms with E-state index in [-0.39, 0.29) is 5.91 Å². The lowest BCUT2D eigenvalue weighted by Crippen LogP contribution is -2.46. The van der Waals surface area contributed by atoms with Gasteiger partial charge in [0.1, 0.15) is 0 Å². The number of aromatic nitrogens is 1. The number of carbonyl (C=O) groups is 1. The van der Waals surface area contributed by atoms with E-state index in [4.69, 9.17) is 10.5 Å². The second-order valence-corrected chi connectivity index (χ2v) is 6.33. The van der Waals surface area contributed by atoms with Gasteiger partial charge < -0.3 is 20.4 Å². The third-order valence-corrected chi connectivity index (χ3v) is 4.82. The van der Waals surface area contributed by atoms with Crippen molar-refractivity contribution in [2.75, 3.05) is 25.1 Å². The molecular weight excluding hydrogens is 290 g/mol. The van der Waals surface area contributed by atoms with Crippen LogP contribution in [0.15, 0.2) is 30.5 Å². The number of nitrogens with zero attached hydrogens (tertiary/aromatic N) is 1. The molecule has 1 fully saturated rings. The van der Waals surface area contributed by atoms with E-state index in [1.165, 1.54) is 5.39 Å². The van der Waals surface area contributed by atoms with Gasteiger partial charge in [-0.25, -0.2) is 0 Å². The Morgan fingerprint density at radius 3 is 2.83 bits per heavy atom. The van der Waals surface area contributed by atoms with Crippen molar-refractivity contribution in [1.29, 1.82) is 0 Å². The van der Waals surface area contributed by atoms with Crippen molar-refractivity contribution in [1.82, 2.24) is 4.57 Å². The molecule has 0 bridgehead atoms. The zero-order valence-electron chi connectivity index (χ0n) is 13.7. The molecule has 0 unspecified atom stereocenters. The maximum absolute atomic E-state index is 12.8. The number of carbonyl (C=O) groups excluding carboxylic acids is 1. The van der Waals surface area contributed by atoms with Crippen molar-refractivity contribution in [2.45, 2.75) is 32.7 Å². The van der Waals surface area contributed by atoms with E-state index in [1.807, 2.05) is 12.1 Å². The minimum Gasteiger partial charge on any atom is -0.381 e. The molecule has 1 saturated heterocycles. The van der Waals surface area contributed by atoms with Gasteiger partial charge in [-0.1, -0.05) is 13.0 Å². The largest absolute Gasteiger partial charge is 0.381 e. The Hall–Kier alpha value is -1.85. The first-order valence-electron chi connectivity index (χ1n) is 8.37. The summed E-state index contributed by atoms with van der Waals surface area (Å²) >= 11 is 0. The Bertz CT molecular complexity index is 687. The number of rotatable bonds is 5. The SMILES string of the molecule is CCCn1ccc2ccc(NC(=O)C3(CN)CCOCC3)cc21. The number of hydrogen-bond donors (Lipinski definition) is 2. The highest BCUT2D eigenvalue weighted by atomic mass is 16.5. The minimum atomic E-state index is -0.501. The topological polar surface area (TPSA) is 69.3 Å².